The third-order valence-corrected chi connectivity index (χ3v) is 2.60. The molecule has 0 amide bonds. The van der Waals surface area contributed by atoms with Crippen LogP contribution in [0.1, 0.15) is 27.7 Å². The first-order valence-corrected chi connectivity index (χ1v) is 5.67. The highest BCUT2D eigenvalue weighted by atomic mass is 16.5. The third kappa shape index (κ3) is 5.43. The molecule has 0 aliphatic rings. The number of hydrogen-bond donors (Lipinski definition) is 1. The molecule has 0 aromatic carbocycles. The van der Waals surface area contributed by atoms with Gasteiger partial charge in [-0.15, -0.1) is 0 Å². The van der Waals surface area contributed by atoms with Crippen molar-refractivity contribution in [1.82, 2.24) is 10.2 Å². The molecule has 0 bridgehead atoms. The first-order valence-electron chi connectivity index (χ1n) is 5.67. The molecule has 4 heteroatoms. The molecular weight excluding hydrogens is 216 g/mol. The van der Waals surface area contributed by atoms with Crippen LogP contribution in [0.2, 0.25) is 0 Å². The molecule has 0 atom stereocenters. The average Bonchev–Trinajstić information content (AvgIpc) is 2.26. The third-order valence-electron chi connectivity index (χ3n) is 2.60. The van der Waals surface area contributed by atoms with Gasteiger partial charge in [-0.25, -0.2) is 0 Å². The fourth-order valence-electron chi connectivity index (χ4n) is 1.27. The maximum absolute atomic E-state index is 10.2. The van der Waals surface area contributed by atoms with Crippen LogP contribution in [-0.2, 0) is 9.53 Å². The van der Waals surface area contributed by atoms with E-state index in [0.29, 0.717) is 13.1 Å². The lowest BCUT2D eigenvalue weighted by molar-refractivity contribution is -0.131. The second kappa shape index (κ2) is 6.99. The van der Waals surface area contributed by atoms with Crippen LogP contribution >= 0.6 is 0 Å². The van der Waals surface area contributed by atoms with Gasteiger partial charge >= 0.3 is 0 Å². The molecule has 0 aliphatic heterocycles. The molecule has 0 spiro atoms. The molecule has 0 saturated heterocycles. The zero-order valence-corrected chi connectivity index (χ0v) is 11.7. The Balaban J connectivity index is 4.84. The molecule has 0 aliphatic carbocycles. The van der Waals surface area contributed by atoms with E-state index in [1.54, 1.807) is 0 Å². The lowest BCUT2D eigenvalue weighted by Crippen LogP contribution is -2.46. The topological polar surface area (TPSA) is 41.6 Å². The Morgan fingerprint density at radius 2 is 1.94 bits per heavy atom. The van der Waals surface area contributed by atoms with E-state index in [4.69, 9.17) is 4.74 Å². The highest BCUT2D eigenvalue weighted by Crippen LogP contribution is 2.16. The minimum Gasteiger partial charge on any atom is -0.465 e. The number of hydrogen-bond acceptors (Lipinski definition) is 4. The van der Waals surface area contributed by atoms with Crippen molar-refractivity contribution in [3.63, 3.8) is 0 Å². The summed E-state index contributed by atoms with van der Waals surface area (Å²) in [5.74, 6) is 0.977. The normalized spacial score (nSPS) is 11.8. The van der Waals surface area contributed by atoms with Crippen molar-refractivity contribution >= 4 is 6.47 Å². The molecule has 0 saturated carbocycles. The van der Waals surface area contributed by atoms with E-state index in [0.717, 1.165) is 5.82 Å². The van der Waals surface area contributed by atoms with Crippen molar-refractivity contribution in [3.8, 4) is 0 Å². The number of nitrogens with zero attached hydrogens (tertiary/aromatic N) is 1. The molecular formula is C13H24N2O2. The number of ether oxygens (including phenoxy) is 1. The predicted octanol–water partition coefficient (Wildman–Crippen LogP) is 1.90. The molecule has 0 fully saturated rings. The fourth-order valence-corrected chi connectivity index (χ4v) is 1.27. The van der Waals surface area contributed by atoms with Crippen LogP contribution in [0.15, 0.2) is 23.5 Å². The van der Waals surface area contributed by atoms with Crippen LogP contribution in [0.25, 0.3) is 0 Å². The Morgan fingerprint density at radius 3 is 2.35 bits per heavy atom. The van der Waals surface area contributed by atoms with E-state index >= 15 is 0 Å². The average molecular weight is 240 g/mol. The Morgan fingerprint density at radius 1 is 1.35 bits per heavy atom. The Labute approximate surface area is 104 Å². The molecule has 0 rings (SSSR count). The van der Waals surface area contributed by atoms with Crippen LogP contribution in [0.5, 0.6) is 0 Å². The van der Waals surface area contributed by atoms with E-state index in [-0.39, 0.29) is 5.54 Å². The summed E-state index contributed by atoms with van der Waals surface area (Å²) < 4.78 is 4.85. The largest absolute Gasteiger partial charge is 0.465 e. The van der Waals surface area contributed by atoms with Gasteiger partial charge in [0, 0.05) is 14.1 Å². The van der Waals surface area contributed by atoms with Gasteiger partial charge in [-0.2, -0.15) is 0 Å². The van der Waals surface area contributed by atoms with Crippen molar-refractivity contribution < 1.29 is 9.53 Å². The Hall–Kier alpha value is -1.45. The number of rotatable bonds is 7. The predicted molar refractivity (Wildman–Crippen MR) is 70.4 cm³/mol. The molecule has 98 valence electrons. The molecule has 0 aromatic rings. The molecule has 1 N–H and O–H groups in total. The van der Waals surface area contributed by atoms with Crippen LogP contribution in [0.4, 0.5) is 0 Å². The van der Waals surface area contributed by atoms with Gasteiger partial charge in [0.1, 0.15) is 12.4 Å². The van der Waals surface area contributed by atoms with Crippen LogP contribution in [0.3, 0.4) is 0 Å². The van der Waals surface area contributed by atoms with Gasteiger partial charge in [0.05, 0.1) is 5.54 Å². The number of carbonyl (C=O) groups excluding carboxylic acids is 1. The van der Waals surface area contributed by atoms with Gasteiger partial charge < -0.3 is 15.0 Å². The highest BCUT2D eigenvalue weighted by Gasteiger charge is 2.25. The van der Waals surface area contributed by atoms with Gasteiger partial charge in [0.15, 0.2) is 0 Å². The standard InChI is InChI=1S/C13H24N2O2/c1-11(2)7-8-12(14-5)15(6)13(3,4)9-17-10-16/h7-8,10,14H,9H2,1-6H3/b12-8+. The lowest BCUT2D eigenvalue weighted by atomic mass is 10.1. The smallest absolute Gasteiger partial charge is 0.293 e. The first kappa shape index (κ1) is 15.6. The molecule has 0 heterocycles. The number of nitrogens with one attached hydrogen (secondary N) is 1. The van der Waals surface area contributed by atoms with E-state index in [1.165, 1.54) is 5.57 Å². The van der Waals surface area contributed by atoms with E-state index < -0.39 is 0 Å². The summed E-state index contributed by atoms with van der Waals surface area (Å²) in [5, 5.41) is 3.14. The first-order chi connectivity index (χ1) is 7.85. The number of likely N-dealkylation sites (N-methyl/N-ethyl adjacent to an activating group) is 1. The van der Waals surface area contributed by atoms with Gasteiger partial charge in [-0.1, -0.05) is 11.6 Å². The van der Waals surface area contributed by atoms with Gasteiger partial charge in [0.2, 0.25) is 0 Å². The summed E-state index contributed by atoms with van der Waals surface area (Å²) in [7, 11) is 3.84. The highest BCUT2D eigenvalue weighted by molar-refractivity contribution is 5.37. The fraction of sp³-hybridized carbons (Fsp3) is 0.615. The van der Waals surface area contributed by atoms with Crippen molar-refractivity contribution in [2.45, 2.75) is 33.2 Å². The number of carbonyl (C=O) groups is 1. The van der Waals surface area contributed by atoms with Crippen LogP contribution in [0, 0.1) is 0 Å². The van der Waals surface area contributed by atoms with Crippen molar-refractivity contribution in [2.75, 3.05) is 20.7 Å². The number of allylic oxidation sites excluding steroid dienone is 3. The van der Waals surface area contributed by atoms with E-state index in [9.17, 15) is 4.79 Å². The minimum atomic E-state index is -0.259. The second-order valence-corrected chi connectivity index (χ2v) is 4.82. The van der Waals surface area contributed by atoms with Crippen LogP contribution < -0.4 is 5.32 Å². The van der Waals surface area contributed by atoms with Crippen molar-refractivity contribution in [2.24, 2.45) is 0 Å². The summed E-state index contributed by atoms with van der Waals surface area (Å²) in [6.45, 7) is 8.96. The van der Waals surface area contributed by atoms with Gasteiger partial charge in [0.25, 0.3) is 6.47 Å². The maximum atomic E-state index is 10.2. The molecule has 17 heavy (non-hydrogen) atoms. The SMILES string of the molecule is CN/C(=C\C=C(C)C)N(C)C(C)(C)COC=O. The monoisotopic (exact) mass is 240 g/mol. The summed E-state index contributed by atoms with van der Waals surface area (Å²) in [5.41, 5.74) is 0.971. The molecule has 0 unspecified atom stereocenters. The summed E-state index contributed by atoms with van der Waals surface area (Å²) >= 11 is 0. The van der Waals surface area contributed by atoms with Crippen LogP contribution in [-0.4, -0.2) is 37.6 Å². The Kier molecular flexibility index (Phi) is 6.39. The molecule has 0 radical (unpaired) electrons. The summed E-state index contributed by atoms with van der Waals surface area (Å²) in [6, 6.07) is 0. The zero-order valence-electron chi connectivity index (χ0n) is 11.7. The van der Waals surface area contributed by atoms with Gasteiger partial charge in [-0.3, -0.25) is 4.79 Å². The van der Waals surface area contributed by atoms with Gasteiger partial charge in [-0.05, 0) is 33.8 Å². The van der Waals surface area contributed by atoms with E-state index in [2.05, 4.69) is 10.2 Å². The second-order valence-electron chi connectivity index (χ2n) is 4.82. The van der Waals surface area contributed by atoms with Crippen molar-refractivity contribution in [3.05, 3.63) is 23.5 Å². The van der Waals surface area contributed by atoms with E-state index in [1.807, 2.05) is 53.9 Å². The molecule has 0 aromatic heterocycles. The van der Waals surface area contributed by atoms with Crippen molar-refractivity contribution in [1.29, 1.82) is 0 Å². The maximum Gasteiger partial charge on any atom is 0.293 e. The molecule has 4 nitrogen and oxygen atoms in total. The lowest BCUT2D eigenvalue weighted by Gasteiger charge is -2.37. The zero-order chi connectivity index (χ0) is 13.5. The summed E-state index contributed by atoms with van der Waals surface area (Å²) in [4.78, 5) is 12.3. The minimum absolute atomic E-state index is 0.259. The Bertz CT molecular complexity index is 303. The quantitative estimate of drug-likeness (QED) is 0.545. The summed E-state index contributed by atoms with van der Waals surface area (Å²) in [6.07, 6.45) is 4.05.